The maximum absolute atomic E-state index is 12.3. The van der Waals surface area contributed by atoms with E-state index in [0.717, 1.165) is 40.8 Å². The summed E-state index contributed by atoms with van der Waals surface area (Å²) < 4.78 is 5.73. The van der Waals surface area contributed by atoms with Gasteiger partial charge in [0.15, 0.2) is 0 Å². The molecule has 0 radical (unpaired) electrons. The molecule has 1 amide bonds. The molecule has 0 aliphatic heterocycles. The number of nitrogens with one attached hydrogen (secondary N) is 1. The van der Waals surface area contributed by atoms with Crippen molar-refractivity contribution in [2.24, 2.45) is 0 Å². The van der Waals surface area contributed by atoms with Crippen LogP contribution in [-0.4, -0.2) is 12.5 Å². The Balaban J connectivity index is 1.53. The minimum atomic E-state index is -0.152. The van der Waals surface area contributed by atoms with E-state index >= 15 is 0 Å². The van der Waals surface area contributed by atoms with Crippen LogP contribution in [0.4, 0.5) is 5.69 Å². The maximum atomic E-state index is 12.3. The molecule has 0 bridgehead atoms. The number of carbonyl (C=O) groups is 1. The van der Waals surface area contributed by atoms with Gasteiger partial charge in [0.05, 0.1) is 6.61 Å². The molecule has 3 rings (SSSR count). The Morgan fingerprint density at radius 1 is 0.929 bits per heavy atom. The summed E-state index contributed by atoms with van der Waals surface area (Å²) in [5, 5.41) is 5.19. The van der Waals surface area contributed by atoms with E-state index in [4.69, 9.17) is 4.74 Å². The molecule has 0 saturated carbocycles. The van der Waals surface area contributed by atoms with E-state index in [2.05, 4.69) is 30.4 Å². The van der Waals surface area contributed by atoms with Crippen LogP contribution in [0.3, 0.4) is 0 Å². The molecule has 3 aromatic carbocycles. The van der Waals surface area contributed by atoms with Crippen LogP contribution in [0.15, 0.2) is 72.8 Å². The fourth-order valence-corrected chi connectivity index (χ4v) is 3.10. The molecule has 1 N–H and O–H groups in total. The first-order valence-electron chi connectivity index (χ1n) is 9.96. The van der Waals surface area contributed by atoms with Crippen molar-refractivity contribution >= 4 is 28.4 Å². The molecular formula is C25H27NO2. The molecule has 3 heteroatoms. The van der Waals surface area contributed by atoms with Gasteiger partial charge in [-0.3, -0.25) is 4.79 Å². The molecule has 0 unspecified atom stereocenters. The minimum absolute atomic E-state index is 0.152. The summed E-state index contributed by atoms with van der Waals surface area (Å²) in [4.78, 5) is 12.3. The number of rotatable bonds is 9. The lowest BCUT2D eigenvalue weighted by Crippen LogP contribution is -2.07. The first-order chi connectivity index (χ1) is 13.8. The van der Waals surface area contributed by atoms with Crippen LogP contribution >= 0.6 is 0 Å². The normalized spacial score (nSPS) is 11.0. The Hall–Kier alpha value is -3.07. The molecular weight excluding hydrogens is 346 g/mol. The largest absolute Gasteiger partial charge is 0.494 e. The molecule has 0 aliphatic carbocycles. The molecule has 144 valence electrons. The van der Waals surface area contributed by atoms with Crippen LogP contribution in [0.2, 0.25) is 0 Å². The Labute approximate surface area is 167 Å². The number of unbranched alkanes of at least 4 members (excludes halogenated alkanes) is 3. The van der Waals surface area contributed by atoms with Crippen molar-refractivity contribution in [3.8, 4) is 5.75 Å². The quantitative estimate of drug-likeness (QED) is 0.346. The van der Waals surface area contributed by atoms with Crippen molar-refractivity contribution in [3.63, 3.8) is 0 Å². The van der Waals surface area contributed by atoms with Crippen LogP contribution in [0.1, 0.15) is 38.2 Å². The molecule has 3 nitrogen and oxygen atoms in total. The van der Waals surface area contributed by atoms with Gasteiger partial charge in [-0.05, 0) is 53.1 Å². The lowest BCUT2D eigenvalue weighted by molar-refractivity contribution is -0.111. The molecule has 0 aromatic heterocycles. The van der Waals surface area contributed by atoms with Gasteiger partial charge < -0.3 is 10.1 Å². The summed E-state index contributed by atoms with van der Waals surface area (Å²) in [7, 11) is 0. The second-order valence-electron chi connectivity index (χ2n) is 6.82. The first kappa shape index (κ1) is 19.7. The van der Waals surface area contributed by atoms with Gasteiger partial charge >= 0.3 is 0 Å². The molecule has 0 spiro atoms. The number of amides is 1. The Bertz CT molecular complexity index is 923. The van der Waals surface area contributed by atoms with E-state index in [-0.39, 0.29) is 5.91 Å². The summed E-state index contributed by atoms with van der Waals surface area (Å²) in [6, 6.07) is 21.8. The topological polar surface area (TPSA) is 38.3 Å². The van der Waals surface area contributed by atoms with E-state index < -0.39 is 0 Å². The number of benzene rings is 3. The predicted molar refractivity (Wildman–Crippen MR) is 118 cm³/mol. The third-order valence-corrected chi connectivity index (χ3v) is 4.63. The van der Waals surface area contributed by atoms with E-state index in [1.807, 2.05) is 54.6 Å². The molecule has 0 fully saturated rings. The zero-order valence-corrected chi connectivity index (χ0v) is 16.4. The molecule has 0 aliphatic rings. The van der Waals surface area contributed by atoms with Gasteiger partial charge in [-0.25, -0.2) is 0 Å². The highest BCUT2D eigenvalue weighted by atomic mass is 16.5. The van der Waals surface area contributed by atoms with Gasteiger partial charge in [0.1, 0.15) is 5.75 Å². The molecule has 0 saturated heterocycles. The fraction of sp³-hybridized carbons (Fsp3) is 0.240. The highest BCUT2D eigenvalue weighted by Crippen LogP contribution is 2.20. The van der Waals surface area contributed by atoms with E-state index in [9.17, 15) is 4.79 Å². The van der Waals surface area contributed by atoms with Gasteiger partial charge in [-0.15, -0.1) is 0 Å². The highest BCUT2D eigenvalue weighted by Gasteiger charge is 2.01. The van der Waals surface area contributed by atoms with Crippen molar-refractivity contribution in [1.82, 2.24) is 0 Å². The van der Waals surface area contributed by atoms with Crippen LogP contribution in [0.25, 0.3) is 16.8 Å². The second kappa shape index (κ2) is 10.3. The lowest BCUT2D eigenvalue weighted by atomic mass is 10.0. The number of hydrogen-bond donors (Lipinski definition) is 1. The number of ether oxygens (including phenoxy) is 1. The number of hydrogen-bond acceptors (Lipinski definition) is 2. The van der Waals surface area contributed by atoms with Crippen molar-refractivity contribution in [1.29, 1.82) is 0 Å². The summed E-state index contributed by atoms with van der Waals surface area (Å²) in [5.74, 6) is 0.682. The monoisotopic (exact) mass is 373 g/mol. The van der Waals surface area contributed by atoms with Crippen molar-refractivity contribution < 1.29 is 9.53 Å². The van der Waals surface area contributed by atoms with Crippen molar-refractivity contribution in [3.05, 3.63) is 78.4 Å². The van der Waals surface area contributed by atoms with Gasteiger partial charge in [-0.2, -0.15) is 0 Å². The lowest BCUT2D eigenvalue weighted by Gasteiger charge is -2.07. The van der Waals surface area contributed by atoms with E-state index in [1.165, 1.54) is 19.3 Å². The average molecular weight is 373 g/mol. The minimum Gasteiger partial charge on any atom is -0.494 e. The van der Waals surface area contributed by atoms with Gasteiger partial charge in [0.2, 0.25) is 5.91 Å². The number of fused-ring (bicyclic) bond motifs is 1. The summed E-state index contributed by atoms with van der Waals surface area (Å²) in [6.45, 7) is 2.94. The standard InChI is InChI=1S/C25H27NO2/c1-2-3-4-7-19-28-23-16-14-22(15-17-23)26-25(27)18-13-21-11-8-10-20-9-5-6-12-24(20)21/h5-6,8-18H,2-4,7,19H2,1H3,(H,26,27)/b18-13+. The van der Waals surface area contributed by atoms with Crippen molar-refractivity contribution in [2.45, 2.75) is 32.6 Å². The average Bonchev–Trinajstić information content (AvgIpc) is 2.73. The van der Waals surface area contributed by atoms with Crippen LogP contribution < -0.4 is 10.1 Å². The maximum Gasteiger partial charge on any atom is 0.248 e. The molecule has 0 atom stereocenters. The van der Waals surface area contributed by atoms with Gasteiger partial charge in [0, 0.05) is 11.8 Å². The third kappa shape index (κ3) is 5.71. The van der Waals surface area contributed by atoms with Crippen LogP contribution in [-0.2, 0) is 4.79 Å². The summed E-state index contributed by atoms with van der Waals surface area (Å²) in [6.07, 6.45) is 8.17. The van der Waals surface area contributed by atoms with E-state index in [1.54, 1.807) is 6.08 Å². The van der Waals surface area contributed by atoms with Crippen LogP contribution in [0, 0.1) is 0 Å². The summed E-state index contributed by atoms with van der Waals surface area (Å²) in [5.41, 5.74) is 1.78. The molecule has 0 heterocycles. The number of anilines is 1. The fourth-order valence-electron chi connectivity index (χ4n) is 3.10. The van der Waals surface area contributed by atoms with Crippen LogP contribution in [0.5, 0.6) is 5.75 Å². The molecule has 3 aromatic rings. The SMILES string of the molecule is CCCCCCOc1ccc(NC(=O)/C=C/c2cccc3ccccc23)cc1. The highest BCUT2D eigenvalue weighted by molar-refractivity contribution is 6.03. The van der Waals surface area contributed by atoms with Gasteiger partial charge in [0.25, 0.3) is 0 Å². The Morgan fingerprint density at radius 3 is 2.54 bits per heavy atom. The number of carbonyl (C=O) groups excluding carboxylic acids is 1. The third-order valence-electron chi connectivity index (χ3n) is 4.63. The van der Waals surface area contributed by atoms with Crippen molar-refractivity contribution in [2.75, 3.05) is 11.9 Å². The molecule has 28 heavy (non-hydrogen) atoms. The smallest absolute Gasteiger partial charge is 0.248 e. The second-order valence-corrected chi connectivity index (χ2v) is 6.82. The Morgan fingerprint density at radius 2 is 1.71 bits per heavy atom. The Kier molecular flexibility index (Phi) is 7.25. The predicted octanol–water partition coefficient (Wildman–Crippen LogP) is 6.45. The van der Waals surface area contributed by atoms with Gasteiger partial charge in [-0.1, -0.05) is 68.7 Å². The van der Waals surface area contributed by atoms with E-state index in [0.29, 0.717) is 0 Å². The zero-order chi connectivity index (χ0) is 19.6. The first-order valence-corrected chi connectivity index (χ1v) is 9.96. The summed E-state index contributed by atoms with van der Waals surface area (Å²) >= 11 is 0. The zero-order valence-electron chi connectivity index (χ0n) is 16.4.